The number of esters is 1. The highest BCUT2D eigenvalue weighted by Gasteiger charge is 2.19. The molecule has 0 aliphatic carbocycles. The van der Waals surface area contributed by atoms with Gasteiger partial charge in [0, 0.05) is 19.1 Å². The van der Waals surface area contributed by atoms with E-state index in [0.717, 1.165) is 18.7 Å². The second-order valence-corrected chi connectivity index (χ2v) is 7.08. The SMILES string of the molecule is C[C@@H](CC(=O)OCc1ccccc1)N(Cc1ccccc1)Cc1ccccc1. The number of nitrogens with zero attached hydrogens (tertiary/aromatic N) is 1. The molecule has 0 amide bonds. The Morgan fingerprint density at radius 2 is 1.18 bits per heavy atom. The van der Waals surface area contributed by atoms with Gasteiger partial charge in [0.15, 0.2) is 0 Å². The summed E-state index contributed by atoms with van der Waals surface area (Å²) in [6, 6.07) is 30.6. The molecule has 0 aliphatic heterocycles. The summed E-state index contributed by atoms with van der Waals surface area (Å²) in [5, 5.41) is 0. The van der Waals surface area contributed by atoms with Gasteiger partial charge < -0.3 is 4.74 Å². The fourth-order valence-electron chi connectivity index (χ4n) is 3.17. The quantitative estimate of drug-likeness (QED) is 0.482. The molecule has 0 saturated heterocycles. The zero-order valence-corrected chi connectivity index (χ0v) is 16.3. The van der Waals surface area contributed by atoms with Crippen LogP contribution in [0.3, 0.4) is 0 Å². The summed E-state index contributed by atoms with van der Waals surface area (Å²) >= 11 is 0. The highest BCUT2D eigenvalue weighted by molar-refractivity contribution is 5.70. The molecule has 0 heterocycles. The van der Waals surface area contributed by atoms with Gasteiger partial charge in [-0.2, -0.15) is 0 Å². The van der Waals surface area contributed by atoms with Crippen molar-refractivity contribution in [3.05, 3.63) is 108 Å². The largest absolute Gasteiger partial charge is 0.461 e. The Labute approximate surface area is 167 Å². The van der Waals surface area contributed by atoms with Gasteiger partial charge >= 0.3 is 5.97 Å². The lowest BCUT2D eigenvalue weighted by molar-refractivity contribution is -0.146. The minimum absolute atomic E-state index is 0.0729. The average molecular weight is 373 g/mol. The van der Waals surface area contributed by atoms with Crippen molar-refractivity contribution in [2.75, 3.05) is 0 Å². The van der Waals surface area contributed by atoms with Crippen LogP contribution in [-0.2, 0) is 29.2 Å². The summed E-state index contributed by atoms with van der Waals surface area (Å²) in [5.74, 6) is -0.164. The van der Waals surface area contributed by atoms with Crippen LogP contribution in [0.25, 0.3) is 0 Å². The Morgan fingerprint density at radius 1 is 0.750 bits per heavy atom. The second-order valence-electron chi connectivity index (χ2n) is 7.08. The van der Waals surface area contributed by atoms with E-state index in [1.165, 1.54) is 11.1 Å². The highest BCUT2D eigenvalue weighted by Crippen LogP contribution is 2.16. The van der Waals surface area contributed by atoms with E-state index in [9.17, 15) is 4.79 Å². The van der Waals surface area contributed by atoms with Crippen LogP contribution in [0.2, 0.25) is 0 Å². The standard InChI is InChI=1S/C25H27NO2/c1-21(17-25(27)28-20-24-15-9-4-10-16-24)26(18-22-11-5-2-6-12-22)19-23-13-7-3-8-14-23/h2-16,21H,17-20H2,1H3/t21-/m0/s1. The summed E-state index contributed by atoms with van der Waals surface area (Å²) in [7, 11) is 0. The van der Waals surface area contributed by atoms with Crippen molar-refractivity contribution in [3.8, 4) is 0 Å². The molecule has 28 heavy (non-hydrogen) atoms. The molecule has 0 unspecified atom stereocenters. The molecule has 3 aromatic rings. The summed E-state index contributed by atoms with van der Waals surface area (Å²) in [6.07, 6.45) is 0.368. The van der Waals surface area contributed by atoms with Crippen LogP contribution in [0.5, 0.6) is 0 Å². The molecular weight excluding hydrogens is 346 g/mol. The number of benzene rings is 3. The van der Waals surface area contributed by atoms with E-state index in [0.29, 0.717) is 13.0 Å². The van der Waals surface area contributed by atoms with Crippen molar-refractivity contribution in [3.63, 3.8) is 0 Å². The van der Waals surface area contributed by atoms with Gasteiger partial charge in [-0.1, -0.05) is 91.0 Å². The molecule has 0 radical (unpaired) electrons. The predicted molar refractivity (Wildman–Crippen MR) is 112 cm³/mol. The molecule has 0 N–H and O–H groups in total. The first kappa shape index (κ1) is 19.8. The first-order valence-corrected chi connectivity index (χ1v) is 9.72. The molecule has 0 bridgehead atoms. The molecule has 0 aliphatic rings. The molecule has 144 valence electrons. The topological polar surface area (TPSA) is 29.5 Å². The van der Waals surface area contributed by atoms with Crippen LogP contribution in [0.15, 0.2) is 91.0 Å². The zero-order valence-electron chi connectivity index (χ0n) is 16.3. The predicted octanol–water partition coefficient (Wildman–Crippen LogP) is 5.21. The molecule has 3 nitrogen and oxygen atoms in total. The van der Waals surface area contributed by atoms with Gasteiger partial charge in [-0.3, -0.25) is 9.69 Å². The van der Waals surface area contributed by atoms with Crippen LogP contribution in [-0.4, -0.2) is 16.9 Å². The Balaban J connectivity index is 1.61. The van der Waals surface area contributed by atoms with Crippen LogP contribution >= 0.6 is 0 Å². The monoisotopic (exact) mass is 373 g/mol. The van der Waals surface area contributed by atoms with Crippen molar-refractivity contribution in [1.29, 1.82) is 0 Å². The Morgan fingerprint density at radius 3 is 1.64 bits per heavy atom. The van der Waals surface area contributed by atoms with Crippen LogP contribution in [0.4, 0.5) is 0 Å². The molecule has 3 rings (SSSR count). The van der Waals surface area contributed by atoms with E-state index in [1.54, 1.807) is 0 Å². The smallest absolute Gasteiger partial charge is 0.307 e. The van der Waals surface area contributed by atoms with Crippen LogP contribution < -0.4 is 0 Å². The Hall–Kier alpha value is -2.91. The first-order chi connectivity index (χ1) is 13.7. The minimum Gasteiger partial charge on any atom is -0.461 e. The lowest BCUT2D eigenvalue weighted by Gasteiger charge is -2.29. The Kier molecular flexibility index (Phi) is 7.39. The van der Waals surface area contributed by atoms with E-state index in [1.807, 2.05) is 42.5 Å². The molecule has 1 atom stereocenters. The van der Waals surface area contributed by atoms with Gasteiger partial charge in [0.2, 0.25) is 0 Å². The molecule has 0 aromatic heterocycles. The van der Waals surface area contributed by atoms with Crippen molar-refractivity contribution < 1.29 is 9.53 Å². The fraction of sp³-hybridized carbons (Fsp3) is 0.240. The lowest BCUT2D eigenvalue weighted by Crippen LogP contribution is -2.34. The lowest BCUT2D eigenvalue weighted by atomic mass is 10.1. The number of hydrogen-bond donors (Lipinski definition) is 0. The van der Waals surface area contributed by atoms with Crippen molar-refractivity contribution in [2.45, 2.75) is 39.1 Å². The van der Waals surface area contributed by atoms with Gasteiger partial charge in [-0.25, -0.2) is 0 Å². The number of ether oxygens (including phenoxy) is 1. The van der Waals surface area contributed by atoms with Gasteiger partial charge in [-0.15, -0.1) is 0 Å². The normalized spacial score (nSPS) is 11.9. The maximum atomic E-state index is 12.4. The first-order valence-electron chi connectivity index (χ1n) is 9.72. The van der Waals surface area contributed by atoms with Crippen molar-refractivity contribution in [2.24, 2.45) is 0 Å². The Bertz CT molecular complexity index is 793. The number of carbonyl (C=O) groups excluding carboxylic acids is 1. The van der Waals surface area contributed by atoms with E-state index >= 15 is 0 Å². The maximum Gasteiger partial charge on any atom is 0.307 e. The molecule has 3 heteroatoms. The summed E-state index contributed by atoms with van der Waals surface area (Å²) in [5.41, 5.74) is 3.49. The zero-order chi connectivity index (χ0) is 19.6. The van der Waals surface area contributed by atoms with Crippen molar-refractivity contribution in [1.82, 2.24) is 4.90 Å². The molecular formula is C25H27NO2. The van der Waals surface area contributed by atoms with Gasteiger partial charge in [0.25, 0.3) is 0 Å². The van der Waals surface area contributed by atoms with Gasteiger partial charge in [0.1, 0.15) is 6.61 Å². The molecule has 0 saturated carbocycles. The third-order valence-corrected chi connectivity index (χ3v) is 4.79. The summed E-state index contributed by atoms with van der Waals surface area (Å²) in [6.45, 7) is 4.01. The van der Waals surface area contributed by atoms with E-state index in [-0.39, 0.29) is 12.0 Å². The number of carbonyl (C=O) groups is 1. The fourth-order valence-corrected chi connectivity index (χ4v) is 3.17. The highest BCUT2D eigenvalue weighted by atomic mass is 16.5. The van der Waals surface area contributed by atoms with Crippen LogP contribution in [0, 0.1) is 0 Å². The van der Waals surface area contributed by atoms with Gasteiger partial charge in [0.05, 0.1) is 6.42 Å². The van der Waals surface area contributed by atoms with Crippen molar-refractivity contribution >= 4 is 5.97 Å². The van der Waals surface area contributed by atoms with Gasteiger partial charge in [-0.05, 0) is 23.6 Å². The third kappa shape index (κ3) is 6.36. The maximum absolute atomic E-state index is 12.4. The number of hydrogen-bond acceptors (Lipinski definition) is 3. The average Bonchev–Trinajstić information content (AvgIpc) is 2.74. The van der Waals surface area contributed by atoms with E-state index in [2.05, 4.69) is 60.4 Å². The molecule has 0 spiro atoms. The third-order valence-electron chi connectivity index (χ3n) is 4.79. The number of rotatable bonds is 9. The van der Waals surface area contributed by atoms with E-state index < -0.39 is 0 Å². The summed E-state index contributed by atoms with van der Waals surface area (Å²) < 4.78 is 5.48. The van der Waals surface area contributed by atoms with Crippen LogP contribution in [0.1, 0.15) is 30.0 Å². The molecule has 0 fully saturated rings. The summed E-state index contributed by atoms with van der Waals surface area (Å²) in [4.78, 5) is 14.7. The molecule has 3 aromatic carbocycles. The van der Waals surface area contributed by atoms with E-state index in [4.69, 9.17) is 4.74 Å². The second kappa shape index (κ2) is 10.4. The minimum atomic E-state index is -0.164.